The summed E-state index contributed by atoms with van der Waals surface area (Å²) in [6.07, 6.45) is -2.79. The molecule has 4 rings (SSSR count). The van der Waals surface area contributed by atoms with Crippen LogP contribution in [0.15, 0.2) is 43.5 Å². The van der Waals surface area contributed by atoms with Gasteiger partial charge in [-0.1, -0.05) is 6.58 Å². The SMILES string of the molecule is C=C(NC(C)C(F)(F)F)c1cnn2ccc(-c3c[nH]c4nc(NCC(F)(F)F)ncc34)cc12. The third-order valence-electron chi connectivity index (χ3n) is 4.92. The van der Waals surface area contributed by atoms with E-state index in [9.17, 15) is 26.3 Å². The predicted molar refractivity (Wildman–Crippen MR) is 110 cm³/mol. The average molecular weight is 469 g/mol. The summed E-state index contributed by atoms with van der Waals surface area (Å²) in [6.45, 7) is 3.44. The van der Waals surface area contributed by atoms with Gasteiger partial charge in [0.05, 0.1) is 11.7 Å². The van der Waals surface area contributed by atoms with Crippen LogP contribution in [-0.2, 0) is 0 Å². The largest absolute Gasteiger partial charge is 0.408 e. The summed E-state index contributed by atoms with van der Waals surface area (Å²) in [5.74, 6) is -0.178. The summed E-state index contributed by atoms with van der Waals surface area (Å²) in [7, 11) is 0. The minimum absolute atomic E-state index is 0.0645. The molecule has 4 heterocycles. The number of nitrogens with zero attached hydrogens (tertiary/aromatic N) is 4. The van der Waals surface area contributed by atoms with Gasteiger partial charge in [-0.25, -0.2) is 9.50 Å². The summed E-state index contributed by atoms with van der Waals surface area (Å²) in [4.78, 5) is 10.9. The quantitative estimate of drug-likeness (QED) is 0.355. The van der Waals surface area contributed by atoms with Gasteiger partial charge in [-0.3, -0.25) is 0 Å². The molecule has 0 saturated heterocycles. The van der Waals surface area contributed by atoms with E-state index in [1.54, 1.807) is 24.5 Å². The summed E-state index contributed by atoms with van der Waals surface area (Å²) in [6, 6.07) is 1.65. The molecule has 1 unspecified atom stereocenters. The van der Waals surface area contributed by atoms with Crippen LogP contribution in [0.2, 0.25) is 0 Å². The van der Waals surface area contributed by atoms with Crippen LogP contribution in [-0.4, -0.2) is 49.5 Å². The van der Waals surface area contributed by atoms with Crippen molar-refractivity contribution in [1.82, 2.24) is 29.9 Å². The molecule has 0 radical (unpaired) electrons. The van der Waals surface area contributed by atoms with Gasteiger partial charge in [-0.15, -0.1) is 0 Å². The second-order valence-corrected chi connectivity index (χ2v) is 7.32. The van der Waals surface area contributed by atoms with Gasteiger partial charge in [0.15, 0.2) is 0 Å². The second kappa shape index (κ2) is 7.98. The van der Waals surface area contributed by atoms with Crippen molar-refractivity contribution in [2.45, 2.75) is 25.3 Å². The number of alkyl halides is 6. The van der Waals surface area contributed by atoms with E-state index >= 15 is 0 Å². The lowest BCUT2D eigenvalue weighted by molar-refractivity contribution is -0.148. The fraction of sp³-hybridized carbons (Fsp3) is 0.250. The smallest absolute Gasteiger partial charge is 0.374 e. The van der Waals surface area contributed by atoms with Gasteiger partial charge in [0.25, 0.3) is 0 Å². The lowest BCUT2D eigenvalue weighted by Gasteiger charge is -2.19. The van der Waals surface area contributed by atoms with Crippen molar-refractivity contribution in [3.05, 3.63) is 49.1 Å². The second-order valence-electron chi connectivity index (χ2n) is 7.32. The summed E-state index contributed by atoms with van der Waals surface area (Å²) in [5, 5.41) is 9.16. The van der Waals surface area contributed by atoms with E-state index in [1.165, 1.54) is 16.9 Å². The van der Waals surface area contributed by atoms with Gasteiger partial charge >= 0.3 is 12.4 Å². The van der Waals surface area contributed by atoms with E-state index in [4.69, 9.17) is 0 Å². The highest BCUT2D eigenvalue weighted by atomic mass is 19.4. The minimum atomic E-state index is -4.44. The number of aromatic amines is 1. The zero-order valence-corrected chi connectivity index (χ0v) is 17.0. The molecule has 0 bridgehead atoms. The van der Waals surface area contributed by atoms with Gasteiger partial charge in [0.1, 0.15) is 18.2 Å². The summed E-state index contributed by atoms with van der Waals surface area (Å²) in [5.41, 5.74) is 2.62. The highest BCUT2D eigenvalue weighted by Crippen LogP contribution is 2.31. The molecule has 13 heteroatoms. The monoisotopic (exact) mass is 469 g/mol. The van der Waals surface area contributed by atoms with E-state index in [0.717, 1.165) is 6.92 Å². The normalized spacial score (nSPS) is 13.4. The zero-order valence-electron chi connectivity index (χ0n) is 17.0. The van der Waals surface area contributed by atoms with E-state index in [2.05, 4.69) is 37.3 Å². The number of rotatable bonds is 6. The maximum Gasteiger partial charge on any atom is 0.408 e. The van der Waals surface area contributed by atoms with Gasteiger partial charge in [0, 0.05) is 40.8 Å². The van der Waals surface area contributed by atoms with Crippen LogP contribution >= 0.6 is 0 Å². The first-order valence-electron chi connectivity index (χ1n) is 9.57. The molecule has 0 aliphatic carbocycles. The molecule has 0 aliphatic rings. The number of nitrogens with one attached hydrogen (secondary N) is 3. The van der Waals surface area contributed by atoms with Crippen molar-refractivity contribution in [2.24, 2.45) is 0 Å². The van der Waals surface area contributed by atoms with Crippen molar-refractivity contribution >= 4 is 28.2 Å². The number of pyridine rings is 1. The van der Waals surface area contributed by atoms with Crippen LogP contribution in [0.25, 0.3) is 33.4 Å². The zero-order chi connectivity index (χ0) is 24.0. The molecule has 0 amide bonds. The first-order valence-corrected chi connectivity index (χ1v) is 9.57. The third-order valence-corrected chi connectivity index (χ3v) is 4.92. The Bertz CT molecular complexity index is 1320. The molecule has 0 saturated carbocycles. The van der Waals surface area contributed by atoms with E-state index < -0.39 is 24.9 Å². The molecule has 0 aliphatic heterocycles. The minimum Gasteiger partial charge on any atom is -0.374 e. The van der Waals surface area contributed by atoms with Gasteiger partial charge in [-0.2, -0.15) is 36.4 Å². The molecule has 1 atom stereocenters. The molecule has 0 spiro atoms. The number of hydrogen-bond donors (Lipinski definition) is 3. The van der Waals surface area contributed by atoms with Crippen LogP contribution in [0.4, 0.5) is 32.3 Å². The van der Waals surface area contributed by atoms with Crippen LogP contribution in [0.1, 0.15) is 12.5 Å². The van der Waals surface area contributed by atoms with Crippen molar-refractivity contribution < 1.29 is 26.3 Å². The van der Waals surface area contributed by atoms with Crippen molar-refractivity contribution in [2.75, 3.05) is 11.9 Å². The van der Waals surface area contributed by atoms with Crippen LogP contribution in [0.5, 0.6) is 0 Å². The van der Waals surface area contributed by atoms with Crippen LogP contribution in [0.3, 0.4) is 0 Å². The van der Waals surface area contributed by atoms with Crippen molar-refractivity contribution in [3.63, 3.8) is 0 Å². The molecule has 0 fully saturated rings. The lowest BCUT2D eigenvalue weighted by atomic mass is 10.1. The molecular formula is C20H17F6N7. The Morgan fingerprint density at radius 2 is 1.97 bits per heavy atom. The molecule has 4 aromatic heterocycles. The predicted octanol–water partition coefficient (Wildman–Crippen LogP) is 4.76. The highest BCUT2D eigenvalue weighted by molar-refractivity contribution is 5.94. The van der Waals surface area contributed by atoms with Gasteiger partial charge in [-0.05, 0) is 24.6 Å². The Morgan fingerprint density at radius 1 is 1.21 bits per heavy atom. The molecule has 33 heavy (non-hydrogen) atoms. The molecule has 174 valence electrons. The maximum atomic E-state index is 12.9. The maximum absolute atomic E-state index is 12.9. The fourth-order valence-corrected chi connectivity index (χ4v) is 3.21. The molecule has 3 N–H and O–H groups in total. The van der Waals surface area contributed by atoms with E-state index in [0.29, 0.717) is 33.2 Å². The number of H-pyrrole nitrogens is 1. The molecule has 4 aromatic rings. The molecule has 0 aromatic carbocycles. The van der Waals surface area contributed by atoms with Gasteiger partial charge in [0.2, 0.25) is 5.95 Å². The number of hydrogen-bond acceptors (Lipinski definition) is 5. The highest BCUT2D eigenvalue weighted by Gasteiger charge is 2.36. The lowest BCUT2D eigenvalue weighted by Crippen LogP contribution is -2.38. The topological polar surface area (TPSA) is 82.9 Å². The van der Waals surface area contributed by atoms with Gasteiger partial charge < -0.3 is 15.6 Å². The Labute approximate surface area is 182 Å². The fourth-order valence-electron chi connectivity index (χ4n) is 3.21. The van der Waals surface area contributed by atoms with E-state index in [1.807, 2.05) is 0 Å². The summed E-state index contributed by atoms with van der Waals surface area (Å²) < 4.78 is 77.4. The number of halogens is 6. The molecule has 7 nitrogen and oxygen atoms in total. The standard InChI is InChI=1S/C20H17F6N7/c1-10(31-11(2)20(24,25)26)13-8-30-33-4-3-12(5-16(13)33)14-6-27-17-15(14)7-28-18(32-17)29-9-19(21,22)23/h3-8,11,31H,1,9H2,2H3,(H2,27,28,29,32). The third kappa shape index (κ3) is 4.71. The van der Waals surface area contributed by atoms with Crippen LogP contribution < -0.4 is 10.6 Å². The number of anilines is 1. The van der Waals surface area contributed by atoms with Crippen LogP contribution in [0, 0.1) is 0 Å². The number of aromatic nitrogens is 5. The Morgan fingerprint density at radius 3 is 2.67 bits per heavy atom. The summed E-state index contributed by atoms with van der Waals surface area (Å²) >= 11 is 0. The molecular weight excluding hydrogens is 452 g/mol. The Balaban J connectivity index is 1.65. The van der Waals surface area contributed by atoms with Crippen molar-refractivity contribution in [3.8, 4) is 11.1 Å². The van der Waals surface area contributed by atoms with E-state index in [-0.39, 0.29) is 11.6 Å². The first kappa shape index (κ1) is 22.4. The Kier molecular flexibility index (Phi) is 5.42. The Hall–Kier alpha value is -3.77. The first-order chi connectivity index (χ1) is 15.4. The van der Waals surface area contributed by atoms with Crippen molar-refractivity contribution in [1.29, 1.82) is 0 Å². The number of fused-ring (bicyclic) bond motifs is 2. The average Bonchev–Trinajstić information content (AvgIpc) is 3.34.